The molecule has 0 aliphatic rings. The molecule has 0 saturated heterocycles. The topological polar surface area (TPSA) is 143 Å². The van der Waals surface area contributed by atoms with E-state index in [0.29, 0.717) is 5.69 Å². The van der Waals surface area contributed by atoms with Crippen molar-refractivity contribution in [1.82, 2.24) is 29.7 Å². The van der Waals surface area contributed by atoms with E-state index in [0.717, 1.165) is 4.68 Å². The van der Waals surface area contributed by atoms with Crippen LogP contribution in [-0.2, 0) is 28.3 Å². The molecule has 0 bridgehead atoms. The van der Waals surface area contributed by atoms with E-state index in [2.05, 4.69) is 40.9 Å². The largest absolute Gasteiger partial charge is 0.480 e. The third-order valence-electron chi connectivity index (χ3n) is 2.57. The van der Waals surface area contributed by atoms with Gasteiger partial charge in [0.05, 0.1) is 6.33 Å². The third kappa shape index (κ3) is 3.46. The lowest BCUT2D eigenvalue weighted by molar-refractivity contribution is -0.138. The monoisotopic (exact) mass is 378 g/mol. The van der Waals surface area contributed by atoms with E-state index in [1.807, 2.05) is 0 Å². The predicted octanol–water partition coefficient (Wildman–Crippen LogP) is -0.725. The Labute approximate surface area is 127 Å². The fourth-order valence-corrected chi connectivity index (χ4v) is 3.93. The Morgan fingerprint density at radius 1 is 1.62 bits per heavy atom. The molecule has 0 aromatic carbocycles. The van der Waals surface area contributed by atoms with Crippen molar-refractivity contribution in [2.75, 3.05) is 0 Å². The van der Waals surface area contributed by atoms with Gasteiger partial charge >= 0.3 is 5.97 Å². The summed E-state index contributed by atoms with van der Waals surface area (Å²) in [6.45, 7) is 0. The van der Waals surface area contributed by atoms with E-state index in [-0.39, 0.29) is 16.0 Å². The van der Waals surface area contributed by atoms with E-state index in [1.165, 1.54) is 19.6 Å². The molecule has 0 unspecified atom stereocenters. The number of aryl methyl sites for hydroxylation is 1. The van der Waals surface area contributed by atoms with Crippen molar-refractivity contribution in [3.05, 3.63) is 22.8 Å². The van der Waals surface area contributed by atoms with Crippen LogP contribution in [0.4, 0.5) is 0 Å². The second kappa shape index (κ2) is 5.91. The van der Waals surface area contributed by atoms with Crippen LogP contribution in [0.1, 0.15) is 5.69 Å². The maximum Gasteiger partial charge on any atom is 0.322 e. The lowest BCUT2D eigenvalue weighted by atomic mass is 10.2. The molecule has 2 rings (SSSR count). The molecule has 0 aliphatic carbocycles. The number of aromatic amines is 1. The van der Waals surface area contributed by atoms with E-state index < -0.39 is 22.0 Å². The second-order valence-corrected chi connectivity index (χ2v) is 6.48. The highest BCUT2D eigenvalue weighted by Gasteiger charge is 2.30. The van der Waals surface area contributed by atoms with Gasteiger partial charge in [-0.05, 0) is 15.9 Å². The van der Waals surface area contributed by atoms with Crippen molar-refractivity contribution >= 4 is 31.9 Å². The van der Waals surface area contributed by atoms with Gasteiger partial charge in [0.15, 0.2) is 4.60 Å². The zero-order valence-electron chi connectivity index (χ0n) is 10.7. The number of nitrogens with zero attached hydrogens (tertiary/aromatic N) is 4. The maximum absolute atomic E-state index is 12.2. The summed E-state index contributed by atoms with van der Waals surface area (Å²) in [7, 11) is -2.71. The van der Waals surface area contributed by atoms with Gasteiger partial charge in [-0.2, -0.15) is 4.72 Å². The van der Waals surface area contributed by atoms with Gasteiger partial charge < -0.3 is 10.1 Å². The molecule has 114 valence electrons. The first-order valence-electron chi connectivity index (χ1n) is 5.59. The molecule has 0 saturated carbocycles. The molecule has 12 heteroatoms. The van der Waals surface area contributed by atoms with Crippen LogP contribution in [0.15, 0.2) is 22.2 Å². The molecule has 0 fully saturated rings. The standard InChI is InChI=1S/C9H11BrN6O4S/c1-16-8(7(10)13-15-16)21(19,20)14-6(9(17)18)2-5-3-11-4-12-5/h3-4,6,14H,2H2,1H3,(H,11,12)(H,17,18)/t6-/m0/s1. The number of hydrogen-bond donors (Lipinski definition) is 3. The maximum atomic E-state index is 12.2. The van der Waals surface area contributed by atoms with E-state index in [4.69, 9.17) is 5.11 Å². The van der Waals surface area contributed by atoms with Crippen LogP contribution in [-0.4, -0.2) is 50.5 Å². The molecule has 10 nitrogen and oxygen atoms in total. The molecule has 0 radical (unpaired) electrons. The number of carboxylic acid groups (broad SMARTS) is 1. The highest BCUT2D eigenvalue weighted by Crippen LogP contribution is 2.18. The number of sulfonamides is 1. The summed E-state index contributed by atoms with van der Waals surface area (Å²) >= 11 is 2.96. The molecule has 2 aromatic heterocycles. The number of carboxylic acids is 1. The van der Waals surface area contributed by atoms with E-state index in [1.54, 1.807) is 0 Å². The summed E-state index contributed by atoms with van der Waals surface area (Å²) in [5.41, 5.74) is 0.493. The average Bonchev–Trinajstić information content (AvgIpc) is 2.98. The number of nitrogens with one attached hydrogen (secondary N) is 2. The third-order valence-corrected chi connectivity index (χ3v) is 4.92. The van der Waals surface area contributed by atoms with Crippen LogP contribution in [0.3, 0.4) is 0 Å². The van der Waals surface area contributed by atoms with E-state index in [9.17, 15) is 13.2 Å². The van der Waals surface area contributed by atoms with Crippen molar-refractivity contribution in [3.8, 4) is 0 Å². The first kappa shape index (κ1) is 15.6. The van der Waals surface area contributed by atoms with Gasteiger partial charge in [0.25, 0.3) is 10.0 Å². The average molecular weight is 379 g/mol. The van der Waals surface area contributed by atoms with Gasteiger partial charge in [0.1, 0.15) is 6.04 Å². The summed E-state index contributed by atoms with van der Waals surface area (Å²) in [5.74, 6) is -1.31. The molecule has 0 amide bonds. The number of aliphatic carboxylic acids is 1. The predicted molar refractivity (Wildman–Crippen MR) is 72.7 cm³/mol. The van der Waals surface area contributed by atoms with Gasteiger partial charge in [-0.3, -0.25) is 4.79 Å². The minimum Gasteiger partial charge on any atom is -0.480 e. The normalized spacial score (nSPS) is 13.2. The molecule has 3 N–H and O–H groups in total. The van der Waals surface area contributed by atoms with Crippen molar-refractivity contribution in [1.29, 1.82) is 0 Å². The van der Waals surface area contributed by atoms with Crippen LogP contribution < -0.4 is 4.72 Å². The number of aromatic nitrogens is 5. The molecule has 2 heterocycles. The first-order valence-corrected chi connectivity index (χ1v) is 7.86. The Morgan fingerprint density at radius 2 is 2.33 bits per heavy atom. The highest BCUT2D eigenvalue weighted by atomic mass is 79.9. The van der Waals surface area contributed by atoms with Crippen molar-refractivity contribution in [2.24, 2.45) is 7.05 Å². The second-order valence-electron chi connectivity index (χ2n) is 4.10. The van der Waals surface area contributed by atoms with Crippen LogP contribution in [0.25, 0.3) is 0 Å². The number of H-pyrrole nitrogens is 1. The van der Waals surface area contributed by atoms with Gasteiger partial charge in [0, 0.05) is 25.4 Å². The zero-order valence-corrected chi connectivity index (χ0v) is 13.1. The molecule has 1 atom stereocenters. The Kier molecular flexibility index (Phi) is 4.39. The first-order chi connectivity index (χ1) is 9.81. The van der Waals surface area contributed by atoms with E-state index >= 15 is 0 Å². The van der Waals surface area contributed by atoms with Crippen molar-refractivity contribution < 1.29 is 18.3 Å². The highest BCUT2D eigenvalue weighted by molar-refractivity contribution is 9.10. The Balaban J connectivity index is 2.26. The van der Waals surface area contributed by atoms with Crippen LogP contribution in [0.5, 0.6) is 0 Å². The summed E-state index contributed by atoms with van der Waals surface area (Å²) in [4.78, 5) is 17.7. The number of rotatable bonds is 6. The number of carbonyl (C=O) groups is 1. The number of halogens is 1. The fraction of sp³-hybridized carbons (Fsp3) is 0.333. The van der Waals surface area contributed by atoms with Crippen molar-refractivity contribution in [3.63, 3.8) is 0 Å². The summed E-state index contributed by atoms with van der Waals surface area (Å²) in [6, 6.07) is -1.35. The molecule has 0 aliphatic heterocycles. The van der Waals surface area contributed by atoms with Gasteiger partial charge in [-0.25, -0.2) is 18.1 Å². The summed E-state index contributed by atoms with van der Waals surface area (Å²) < 4.78 is 27.6. The SMILES string of the molecule is Cn1nnc(Br)c1S(=O)(=O)N[C@@H](Cc1cnc[nH]1)C(=O)O. The summed E-state index contributed by atoms with van der Waals surface area (Å²) in [6.07, 6.45) is 2.73. The lowest BCUT2D eigenvalue weighted by Gasteiger charge is -2.13. The Morgan fingerprint density at radius 3 is 2.81 bits per heavy atom. The molecule has 2 aromatic rings. The van der Waals surface area contributed by atoms with Crippen molar-refractivity contribution in [2.45, 2.75) is 17.5 Å². The smallest absolute Gasteiger partial charge is 0.322 e. The van der Waals surface area contributed by atoms with Crippen LogP contribution >= 0.6 is 15.9 Å². The van der Waals surface area contributed by atoms with Crippen LogP contribution in [0.2, 0.25) is 0 Å². The number of hydrogen-bond acceptors (Lipinski definition) is 6. The molecule has 0 spiro atoms. The Bertz CT molecular complexity index is 721. The molecular weight excluding hydrogens is 368 g/mol. The zero-order chi connectivity index (χ0) is 15.6. The molecule has 21 heavy (non-hydrogen) atoms. The minimum absolute atomic E-state index is 0.00294. The fourth-order valence-electron chi connectivity index (χ4n) is 1.65. The minimum atomic E-state index is -4.10. The molecular formula is C9H11BrN6O4S. The van der Waals surface area contributed by atoms with Gasteiger partial charge in [-0.1, -0.05) is 5.21 Å². The number of imidazole rings is 1. The van der Waals surface area contributed by atoms with Gasteiger partial charge in [0.2, 0.25) is 5.03 Å². The lowest BCUT2D eigenvalue weighted by Crippen LogP contribution is -2.43. The quantitative estimate of drug-likeness (QED) is 0.601. The van der Waals surface area contributed by atoms with Gasteiger partial charge in [-0.15, -0.1) is 5.10 Å². The van der Waals surface area contributed by atoms with Crippen LogP contribution in [0, 0.1) is 0 Å². The Hall–Kier alpha value is -1.79. The summed E-state index contributed by atoms with van der Waals surface area (Å²) in [5, 5.41) is 16.0.